The first kappa shape index (κ1) is 12.4. The van der Waals surface area contributed by atoms with Crippen molar-refractivity contribution < 1.29 is 4.79 Å². The molecule has 0 saturated carbocycles. The molecule has 0 saturated heterocycles. The summed E-state index contributed by atoms with van der Waals surface area (Å²) in [7, 11) is 3.95. The fraction of sp³-hybridized carbons (Fsp3) is 0.286. The number of carbonyl (C=O) groups is 1. The number of anilines is 1. The molecule has 18 heavy (non-hydrogen) atoms. The Balaban J connectivity index is 2.29. The Hall–Kier alpha value is -2.10. The van der Waals surface area contributed by atoms with E-state index < -0.39 is 0 Å². The van der Waals surface area contributed by atoms with Crippen molar-refractivity contribution in [2.45, 2.75) is 13.3 Å². The molecule has 0 atom stereocenters. The molecule has 4 nitrogen and oxygen atoms in total. The molecule has 1 aromatic heterocycles. The van der Waals surface area contributed by atoms with Crippen LogP contribution in [-0.2, 0) is 6.42 Å². The number of imidazole rings is 1. The molecule has 4 heteroatoms. The summed E-state index contributed by atoms with van der Waals surface area (Å²) in [6.45, 7) is 1.99. The zero-order chi connectivity index (χ0) is 13.1. The fourth-order valence-corrected chi connectivity index (χ4v) is 1.82. The average molecular weight is 243 g/mol. The lowest BCUT2D eigenvalue weighted by Gasteiger charge is -2.12. The van der Waals surface area contributed by atoms with Crippen molar-refractivity contribution >= 4 is 11.6 Å². The van der Waals surface area contributed by atoms with Crippen LogP contribution in [0.25, 0.3) is 0 Å². The molecule has 2 aromatic rings. The zero-order valence-corrected chi connectivity index (χ0v) is 10.9. The molecule has 0 bridgehead atoms. The lowest BCUT2D eigenvalue weighted by molar-refractivity contribution is 0.0956. The van der Waals surface area contributed by atoms with E-state index in [1.165, 1.54) is 0 Å². The van der Waals surface area contributed by atoms with E-state index in [2.05, 4.69) is 4.98 Å². The fourth-order valence-electron chi connectivity index (χ4n) is 1.82. The van der Waals surface area contributed by atoms with Gasteiger partial charge in [-0.25, -0.2) is 4.98 Å². The van der Waals surface area contributed by atoms with E-state index in [9.17, 15) is 4.79 Å². The number of aryl methyl sites for hydroxylation is 1. The highest BCUT2D eigenvalue weighted by Gasteiger charge is 2.11. The number of rotatable bonds is 3. The Morgan fingerprint density at radius 2 is 1.94 bits per heavy atom. The highest BCUT2D eigenvalue weighted by atomic mass is 16.2. The number of nitrogens with zero attached hydrogens (tertiary/aromatic N) is 3. The standard InChI is InChI=1S/C14H17N3O/c1-4-13-15-9-10-17(13)14(18)11-5-7-12(8-6-11)16(2)3/h5-10H,4H2,1-3H3. The zero-order valence-electron chi connectivity index (χ0n) is 10.9. The van der Waals surface area contributed by atoms with Crippen LogP contribution in [0.2, 0.25) is 0 Å². The lowest BCUT2D eigenvalue weighted by atomic mass is 10.2. The van der Waals surface area contributed by atoms with Gasteiger partial charge < -0.3 is 4.90 Å². The van der Waals surface area contributed by atoms with Crippen molar-refractivity contribution in [3.63, 3.8) is 0 Å². The first-order valence-electron chi connectivity index (χ1n) is 5.97. The number of benzene rings is 1. The van der Waals surface area contributed by atoms with Crippen LogP contribution in [0.1, 0.15) is 23.1 Å². The summed E-state index contributed by atoms with van der Waals surface area (Å²) in [6.07, 6.45) is 4.11. The maximum atomic E-state index is 12.3. The van der Waals surface area contributed by atoms with Crippen LogP contribution in [0, 0.1) is 0 Å². The summed E-state index contributed by atoms with van der Waals surface area (Å²) in [5, 5.41) is 0. The van der Waals surface area contributed by atoms with Gasteiger partial charge in [0.1, 0.15) is 5.82 Å². The first-order valence-corrected chi connectivity index (χ1v) is 5.97. The third-order valence-electron chi connectivity index (χ3n) is 2.88. The Kier molecular flexibility index (Phi) is 3.46. The lowest BCUT2D eigenvalue weighted by Crippen LogP contribution is -2.14. The average Bonchev–Trinajstić information content (AvgIpc) is 2.86. The van der Waals surface area contributed by atoms with Gasteiger partial charge in [0.05, 0.1) is 0 Å². The van der Waals surface area contributed by atoms with Crippen LogP contribution >= 0.6 is 0 Å². The largest absolute Gasteiger partial charge is 0.378 e. The van der Waals surface area contributed by atoms with Gasteiger partial charge in [0, 0.05) is 44.2 Å². The maximum Gasteiger partial charge on any atom is 0.263 e. The predicted octanol–water partition coefficient (Wildman–Crippen LogP) is 2.20. The topological polar surface area (TPSA) is 38.1 Å². The smallest absolute Gasteiger partial charge is 0.263 e. The SMILES string of the molecule is CCc1nccn1C(=O)c1ccc(N(C)C)cc1. The van der Waals surface area contributed by atoms with Crippen LogP contribution in [0.5, 0.6) is 0 Å². The predicted molar refractivity (Wildman–Crippen MR) is 72.1 cm³/mol. The molecule has 0 fully saturated rings. The maximum absolute atomic E-state index is 12.3. The van der Waals surface area contributed by atoms with Gasteiger partial charge in [-0.2, -0.15) is 0 Å². The van der Waals surface area contributed by atoms with Crippen molar-refractivity contribution in [1.29, 1.82) is 0 Å². The summed E-state index contributed by atoms with van der Waals surface area (Å²) in [6, 6.07) is 7.57. The Morgan fingerprint density at radius 1 is 1.28 bits per heavy atom. The molecule has 1 aromatic carbocycles. The van der Waals surface area contributed by atoms with Crippen molar-refractivity contribution in [2.75, 3.05) is 19.0 Å². The molecular weight excluding hydrogens is 226 g/mol. The Labute approximate surface area is 107 Å². The Bertz CT molecular complexity index is 540. The number of hydrogen-bond acceptors (Lipinski definition) is 3. The molecule has 0 aliphatic carbocycles. The molecule has 0 N–H and O–H groups in total. The van der Waals surface area contributed by atoms with E-state index in [1.807, 2.05) is 50.2 Å². The molecule has 0 aliphatic rings. The van der Waals surface area contributed by atoms with Crippen molar-refractivity contribution in [2.24, 2.45) is 0 Å². The van der Waals surface area contributed by atoms with E-state index in [0.717, 1.165) is 17.9 Å². The van der Waals surface area contributed by atoms with Crippen molar-refractivity contribution in [1.82, 2.24) is 9.55 Å². The molecular formula is C14H17N3O. The van der Waals surface area contributed by atoms with Gasteiger partial charge in [0.25, 0.3) is 5.91 Å². The number of aromatic nitrogens is 2. The van der Waals surface area contributed by atoms with E-state index in [1.54, 1.807) is 17.0 Å². The van der Waals surface area contributed by atoms with E-state index in [4.69, 9.17) is 0 Å². The van der Waals surface area contributed by atoms with Crippen molar-refractivity contribution in [3.8, 4) is 0 Å². The van der Waals surface area contributed by atoms with Gasteiger partial charge in [0.15, 0.2) is 0 Å². The Morgan fingerprint density at radius 3 is 2.50 bits per heavy atom. The summed E-state index contributed by atoms with van der Waals surface area (Å²) < 4.78 is 1.60. The van der Waals surface area contributed by atoms with E-state index >= 15 is 0 Å². The van der Waals surface area contributed by atoms with Gasteiger partial charge in [0.2, 0.25) is 0 Å². The second-order valence-corrected chi connectivity index (χ2v) is 4.31. The quantitative estimate of drug-likeness (QED) is 0.829. The van der Waals surface area contributed by atoms with E-state index in [0.29, 0.717) is 5.56 Å². The highest BCUT2D eigenvalue weighted by molar-refractivity contribution is 5.96. The minimum atomic E-state index is -0.0327. The van der Waals surface area contributed by atoms with Gasteiger partial charge in [-0.05, 0) is 24.3 Å². The molecule has 0 unspecified atom stereocenters. The molecule has 0 aliphatic heterocycles. The molecule has 94 valence electrons. The minimum absolute atomic E-state index is 0.0327. The number of hydrogen-bond donors (Lipinski definition) is 0. The highest BCUT2D eigenvalue weighted by Crippen LogP contribution is 2.14. The minimum Gasteiger partial charge on any atom is -0.378 e. The van der Waals surface area contributed by atoms with Gasteiger partial charge in [-0.1, -0.05) is 6.92 Å². The second kappa shape index (κ2) is 5.04. The first-order chi connectivity index (χ1) is 8.63. The summed E-state index contributed by atoms with van der Waals surface area (Å²) >= 11 is 0. The summed E-state index contributed by atoms with van der Waals surface area (Å²) in [4.78, 5) is 18.4. The third-order valence-corrected chi connectivity index (χ3v) is 2.88. The molecule has 0 amide bonds. The van der Waals surface area contributed by atoms with Crippen LogP contribution in [0.3, 0.4) is 0 Å². The number of carbonyl (C=O) groups excluding carboxylic acids is 1. The summed E-state index contributed by atoms with van der Waals surface area (Å²) in [5.41, 5.74) is 1.75. The molecule has 0 spiro atoms. The normalized spacial score (nSPS) is 10.4. The second-order valence-electron chi connectivity index (χ2n) is 4.31. The van der Waals surface area contributed by atoms with Crippen LogP contribution in [-0.4, -0.2) is 29.6 Å². The monoisotopic (exact) mass is 243 g/mol. The van der Waals surface area contributed by atoms with Crippen molar-refractivity contribution in [3.05, 3.63) is 48.0 Å². The van der Waals surface area contributed by atoms with Crippen LogP contribution in [0.15, 0.2) is 36.7 Å². The van der Waals surface area contributed by atoms with Gasteiger partial charge >= 0.3 is 0 Å². The van der Waals surface area contributed by atoms with Crippen LogP contribution in [0.4, 0.5) is 5.69 Å². The third kappa shape index (κ3) is 2.27. The van der Waals surface area contributed by atoms with Gasteiger partial charge in [-0.3, -0.25) is 9.36 Å². The van der Waals surface area contributed by atoms with E-state index in [-0.39, 0.29) is 5.91 Å². The molecule has 0 radical (unpaired) electrons. The molecule has 2 rings (SSSR count). The van der Waals surface area contributed by atoms with Crippen LogP contribution < -0.4 is 4.90 Å². The van der Waals surface area contributed by atoms with Gasteiger partial charge in [-0.15, -0.1) is 0 Å². The summed E-state index contributed by atoms with van der Waals surface area (Å²) in [5.74, 6) is 0.756. The molecule has 1 heterocycles.